The van der Waals surface area contributed by atoms with Gasteiger partial charge in [0.05, 0.1) is 5.54 Å². The number of benzene rings is 4. The zero-order valence-electron chi connectivity index (χ0n) is 20.4. The van der Waals surface area contributed by atoms with Crippen molar-refractivity contribution < 1.29 is 9.50 Å². The number of aliphatic imine (C=N–C) groups is 1. The lowest BCUT2D eigenvalue weighted by Gasteiger charge is -2.16. The first-order valence-corrected chi connectivity index (χ1v) is 12.8. The van der Waals surface area contributed by atoms with E-state index >= 15 is 0 Å². The Balaban J connectivity index is 1.74. The van der Waals surface area contributed by atoms with Crippen LogP contribution in [0.1, 0.15) is 48.6 Å². The van der Waals surface area contributed by atoms with Crippen molar-refractivity contribution in [2.75, 3.05) is 0 Å². The molecule has 1 atom stereocenters. The van der Waals surface area contributed by atoms with Crippen LogP contribution in [-0.4, -0.2) is 16.9 Å². The Labute approximate surface area is 209 Å². The maximum atomic E-state index is 14.1. The average molecular weight is 484 g/mol. The van der Waals surface area contributed by atoms with E-state index in [9.17, 15) is 9.50 Å². The second-order valence-electron chi connectivity index (χ2n) is 9.76. The van der Waals surface area contributed by atoms with Crippen LogP contribution in [-0.2, 0) is 12.8 Å². The normalized spacial score (nSPS) is 12.1. The molecule has 0 spiro atoms. The fourth-order valence-corrected chi connectivity index (χ4v) is 5.18. The Bertz CT molecular complexity index is 1310. The minimum Gasteiger partial charge on any atom is -0.507 e. The third-order valence-electron chi connectivity index (χ3n) is 5.61. The summed E-state index contributed by atoms with van der Waals surface area (Å²) in [5.74, 6) is 0.0211. The first-order valence-electron chi connectivity index (χ1n) is 11.8. The van der Waals surface area contributed by atoms with Gasteiger partial charge in [0.15, 0.2) is 0 Å². The summed E-state index contributed by atoms with van der Waals surface area (Å²) in [6.07, 6.45) is 3.18. The van der Waals surface area contributed by atoms with Gasteiger partial charge in [-0.1, -0.05) is 81.4 Å². The molecule has 2 nitrogen and oxygen atoms in total. The van der Waals surface area contributed by atoms with Crippen LogP contribution in [0.3, 0.4) is 0 Å². The molecule has 1 N–H and O–H groups in total. The minimum atomic E-state index is -0.291. The highest BCUT2D eigenvalue weighted by molar-refractivity contribution is 7.56. The summed E-state index contributed by atoms with van der Waals surface area (Å²) >= 11 is 0. The molecule has 4 heteroatoms. The summed E-state index contributed by atoms with van der Waals surface area (Å²) in [5.41, 5.74) is 4.91. The van der Waals surface area contributed by atoms with Crippen LogP contribution in [0.4, 0.5) is 4.39 Å². The smallest absolute Gasteiger partial charge is 0.126 e. The van der Waals surface area contributed by atoms with Crippen LogP contribution in [0, 0.1) is 5.82 Å². The Morgan fingerprint density at radius 1 is 0.771 bits per heavy atom. The van der Waals surface area contributed by atoms with Gasteiger partial charge in [-0.2, -0.15) is 0 Å². The molecule has 0 amide bonds. The van der Waals surface area contributed by atoms with Gasteiger partial charge >= 0.3 is 0 Å². The van der Waals surface area contributed by atoms with Gasteiger partial charge in [-0.3, -0.25) is 4.99 Å². The summed E-state index contributed by atoms with van der Waals surface area (Å²) in [5, 5.41) is 13.1. The van der Waals surface area contributed by atoms with E-state index in [1.807, 2.05) is 57.2 Å². The fraction of sp³-hybridized carbons (Fsp3) is 0.194. The lowest BCUT2D eigenvalue weighted by atomic mass is 9.98. The summed E-state index contributed by atoms with van der Waals surface area (Å²) in [4.78, 5) is 4.59. The van der Waals surface area contributed by atoms with Gasteiger partial charge in [0.25, 0.3) is 0 Å². The van der Waals surface area contributed by atoms with E-state index in [0.717, 1.165) is 39.3 Å². The highest BCUT2D eigenvalue weighted by atomic mass is 31.1. The SMILES string of the molecule is CC(C)(C)N=Cc1cc(F)ccc1Pc1cc(Cc2ccccc2)cc(Cc2ccccc2)c1O. The highest BCUT2D eigenvalue weighted by Crippen LogP contribution is 2.28. The number of rotatable bonds is 7. The summed E-state index contributed by atoms with van der Waals surface area (Å²) < 4.78 is 14.1. The Morgan fingerprint density at radius 3 is 2.03 bits per heavy atom. The lowest BCUT2D eigenvalue weighted by molar-refractivity contribution is 0.474. The van der Waals surface area contributed by atoms with Crippen LogP contribution in [0.2, 0.25) is 0 Å². The van der Waals surface area contributed by atoms with Crippen molar-refractivity contribution >= 4 is 25.4 Å². The molecular weight excluding hydrogens is 452 g/mol. The molecule has 0 saturated carbocycles. The van der Waals surface area contributed by atoms with Crippen molar-refractivity contribution in [2.45, 2.75) is 39.2 Å². The molecule has 0 heterocycles. The number of hydrogen-bond donors (Lipinski definition) is 1. The van der Waals surface area contributed by atoms with Crippen molar-refractivity contribution in [1.29, 1.82) is 0 Å². The van der Waals surface area contributed by atoms with Gasteiger partial charge in [-0.05, 0) is 72.9 Å². The zero-order valence-corrected chi connectivity index (χ0v) is 21.4. The number of phenols is 1. The quantitative estimate of drug-likeness (QED) is 0.234. The van der Waals surface area contributed by atoms with Gasteiger partial charge in [0.2, 0.25) is 0 Å². The summed E-state index contributed by atoms with van der Waals surface area (Å²) in [7, 11) is 0.170. The third kappa shape index (κ3) is 7.10. The van der Waals surface area contributed by atoms with Gasteiger partial charge in [-0.25, -0.2) is 4.39 Å². The average Bonchev–Trinajstić information content (AvgIpc) is 2.83. The van der Waals surface area contributed by atoms with Crippen molar-refractivity contribution in [3.63, 3.8) is 0 Å². The summed E-state index contributed by atoms with van der Waals surface area (Å²) in [6, 6.07) is 29.5. The second-order valence-corrected chi connectivity index (χ2v) is 11.1. The predicted molar refractivity (Wildman–Crippen MR) is 148 cm³/mol. The van der Waals surface area contributed by atoms with Crippen LogP contribution in [0.5, 0.6) is 5.75 Å². The molecule has 4 aromatic carbocycles. The monoisotopic (exact) mass is 483 g/mol. The number of aromatic hydroxyl groups is 1. The maximum Gasteiger partial charge on any atom is 0.126 e. The van der Waals surface area contributed by atoms with E-state index in [2.05, 4.69) is 41.4 Å². The topological polar surface area (TPSA) is 32.6 Å². The molecule has 0 aliphatic rings. The van der Waals surface area contributed by atoms with Crippen LogP contribution in [0.15, 0.2) is 96.0 Å². The van der Waals surface area contributed by atoms with E-state index in [1.165, 1.54) is 17.7 Å². The molecule has 178 valence electrons. The van der Waals surface area contributed by atoms with Gasteiger partial charge in [-0.15, -0.1) is 0 Å². The van der Waals surface area contributed by atoms with Crippen LogP contribution < -0.4 is 10.6 Å². The van der Waals surface area contributed by atoms with E-state index in [1.54, 1.807) is 12.3 Å². The molecule has 0 saturated heterocycles. The van der Waals surface area contributed by atoms with Crippen molar-refractivity contribution in [1.82, 2.24) is 0 Å². The molecule has 0 aliphatic heterocycles. The molecular formula is C31H31FNOP. The van der Waals surface area contributed by atoms with E-state index in [0.29, 0.717) is 12.2 Å². The largest absolute Gasteiger partial charge is 0.507 e. The lowest BCUT2D eigenvalue weighted by Crippen LogP contribution is -2.14. The number of phenolic OH excluding ortho intramolecular Hbond substituents is 1. The number of halogens is 1. The second kappa shape index (κ2) is 11.0. The molecule has 4 aromatic rings. The zero-order chi connectivity index (χ0) is 24.8. The Kier molecular flexibility index (Phi) is 7.78. The van der Waals surface area contributed by atoms with Gasteiger partial charge in [0, 0.05) is 23.5 Å². The first-order chi connectivity index (χ1) is 16.8. The molecule has 0 aromatic heterocycles. The van der Waals surface area contributed by atoms with Crippen molar-refractivity contribution in [3.05, 3.63) is 125 Å². The first kappa shape index (κ1) is 24.8. The highest BCUT2D eigenvalue weighted by Gasteiger charge is 2.15. The molecule has 0 aliphatic carbocycles. The van der Waals surface area contributed by atoms with E-state index < -0.39 is 0 Å². The molecule has 35 heavy (non-hydrogen) atoms. The van der Waals surface area contributed by atoms with Crippen molar-refractivity contribution in [2.24, 2.45) is 4.99 Å². The fourth-order valence-electron chi connectivity index (χ4n) is 3.90. The maximum absolute atomic E-state index is 14.1. The Hall–Kier alpha value is -3.29. The van der Waals surface area contributed by atoms with Gasteiger partial charge < -0.3 is 5.11 Å². The molecule has 0 fully saturated rings. The van der Waals surface area contributed by atoms with E-state index in [4.69, 9.17) is 0 Å². The summed E-state index contributed by atoms with van der Waals surface area (Å²) in [6.45, 7) is 6.04. The molecule has 0 radical (unpaired) electrons. The van der Waals surface area contributed by atoms with E-state index in [-0.39, 0.29) is 19.9 Å². The molecule has 1 unspecified atom stereocenters. The standard InChI is InChI=1S/C31H31FNOP/c1-31(2,3)33-21-26-20-27(32)14-15-28(26)35-29-19-24(16-22-10-6-4-7-11-22)18-25(30(29)34)17-23-12-8-5-9-13-23/h4-15,18-21,34-35H,16-17H2,1-3H3. The molecule has 4 rings (SSSR count). The number of hydrogen-bond acceptors (Lipinski definition) is 2. The minimum absolute atomic E-state index is 0.170. The van der Waals surface area contributed by atoms with Crippen LogP contribution in [0.25, 0.3) is 0 Å². The van der Waals surface area contributed by atoms with Gasteiger partial charge in [0.1, 0.15) is 11.6 Å². The third-order valence-corrected chi connectivity index (χ3v) is 6.99. The van der Waals surface area contributed by atoms with Crippen molar-refractivity contribution in [3.8, 4) is 5.75 Å². The predicted octanol–water partition coefficient (Wildman–Crippen LogP) is 6.56. The molecule has 0 bridgehead atoms. The number of nitrogens with zero attached hydrogens (tertiary/aromatic N) is 1. The van der Waals surface area contributed by atoms with Crippen LogP contribution >= 0.6 is 8.58 Å². The Morgan fingerprint density at radius 2 is 1.40 bits per heavy atom.